The number of nitrogens with one attached hydrogen (secondary N) is 1. The van der Waals surface area contributed by atoms with E-state index < -0.39 is 23.9 Å². The van der Waals surface area contributed by atoms with Gasteiger partial charge in [0, 0.05) is 37.2 Å². The largest absolute Gasteiger partial charge is 0.389 e. The number of benzene rings is 1. The Hall–Kier alpha value is -3.34. The van der Waals surface area contributed by atoms with Crippen molar-refractivity contribution in [3.8, 4) is 11.3 Å². The zero-order valence-electron chi connectivity index (χ0n) is 18.4. The predicted octanol–water partition coefficient (Wildman–Crippen LogP) is 2.53. The van der Waals surface area contributed by atoms with Crippen molar-refractivity contribution < 1.29 is 19.0 Å². The molecule has 4 heterocycles. The van der Waals surface area contributed by atoms with Crippen LogP contribution in [0.3, 0.4) is 0 Å². The highest BCUT2D eigenvalue weighted by atomic mass is 32.1. The number of halogens is 1. The summed E-state index contributed by atoms with van der Waals surface area (Å²) >= 11 is 1.29. The molecule has 1 amide bonds. The van der Waals surface area contributed by atoms with E-state index in [1.54, 1.807) is 47.6 Å². The van der Waals surface area contributed by atoms with Gasteiger partial charge in [-0.1, -0.05) is 12.1 Å². The molecule has 1 fully saturated rings. The van der Waals surface area contributed by atoms with E-state index in [4.69, 9.17) is 4.74 Å². The van der Waals surface area contributed by atoms with Gasteiger partial charge in [-0.25, -0.2) is 4.39 Å². The van der Waals surface area contributed by atoms with Gasteiger partial charge in [-0.3, -0.25) is 14.3 Å². The first kappa shape index (κ1) is 22.5. The van der Waals surface area contributed by atoms with Crippen LogP contribution in [0.1, 0.15) is 22.3 Å². The summed E-state index contributed by atoms with van der Waals surface area (Å²) < 4.78 is 23.7. The molecule has 176 valence electrons. The molecule has 0 radical (unpaired) electrons. The van der Waals surface area contributed by atoms with Crippen LogP contribution in [0.4, 0.5) is 4.39 Å². The van der Waals surface area contributed by atoms with E-state index in [-0.39, 0.29) is 18.7 Å². The molecule has 0 aliphatic carbocycles. The van der Waals surface area contributed by atoms with Gasteiger partial charge in [0.2, 0.25) is 0 Å². The summed E-state index contributed by atoms with van der Waals surface area (Å²) in [5, 5.41) is 19.4. The minimum absolute atomic E-state index is 0.0286. The molecule has 0 unspecified atom stereocenters. The number of hydrogen-bond acceptors (Lipinski definition) is 6. The maximum absolute atomic E-state index is 15.0. The quantitative estimate of drug-likeness (QED) is 0.456. The summed E-state index contributed by atoms with van der Waals surface area (Å²) in [4.78, 5) is 26.2. The van der Waals surface area contributed by atoms with Gasteiger partial charge in [0.15, 0.2) is 0 Å². The third kappa shape index (κ3) is 4.27. The van der Waals surface area contributed by atoms with Crippen LogP contribution in [0, 0.1) is 5.82 Å². The SMILES string of the molecule is Cn1ccc(-c2ccc(Cn3cc(C(=O)N[C@H]4CCOC[C@@H]4O)c4sccc4c3=O)c(F)c2)n1. The van der Waals surface area contributed by atoms with Gasteiger partial charge < -0.3 is 19.7 Å². The number of hydrogen-bond donors (Lipinski definition) is 2. The summed E-state index contributed by atoms with van der Waals surface area (Å²) in [6.07, 6.45) is 2.94. The molecule has 0 bridgehead atoms. The first-order valence-corrected chi connectivity index (χ1v) is 11.7. The predicted molar refractivity (Wildman–Crippen MR) is 126 cm³/mol. The number of carbonyl (C=O) groups excluding carboxylic acids is 1. The molecule has 2 N–H and O–H groups in total. The minimum Gasteiger partial charge on any atom is -0.389 e. The highest BCUT2D eigenvalue weighted by Crippen LogP contribution is 2.24. The second kappa shape index (κ2) is 9.13. The van der Waals surface area contributed by atoms with Crippen molar-refractivity contribution in [1.29, 1.82) is 0 Å². The van der Waals surface area contributed by atoms with Gasteiger partial charge >= 0.3 is 0 Å². The molecule has 2 atom stereocenters. The lowest BCUT2D eigenvalue weighted by molar-refractivity contribution is -0.0260. The van der Waals surface area contributed by atoms with Crippen LogP contribution in [0.25, 0.3) is 21.3 Å². The number of aliphatic hydroxyl groups is 1. The number of ether oxygens (including phenoxy) is 1. The Labute approximate surface area is 198 Å². The summed E-state index contributed by atoms with van der Waals surface area (Å²) in [5.41, 5.74) is 1.63. The van der Waals surface area contributed by atoms with E-state index in [1.165, 1.54) is 28.2 Å². The van der Waals surface area contributed by atoms with Crippen LogP contribution in [0.15, 0.2) is 52.9 Å². The fourth-order valence-corrected chi connectivity index (χ4v) is 5.01. The molecule has 10 heteroatoms. The number of aliphatic hydroxyl groups excluding tert-OH is 1. The van der Waals surface area contributed by atoms with Gasteiger partial charge in [0.25, 0.3) is 11.5 Å². The Morgan fingerprint density at radius 3 is 2.94 bits per heavy atom. The van der Waals surface area contributed by atoms with Gasteiger partial charge in [-0.05, 0) is 30.0 Å². The van der Waals surface area contributed by atoms with Crippen molar-refractivity contribution in [1.82, 2.24) is 19.7 Å². The average Bonchev–Trinajstić information content (AvgIpc) is 3.48. The molecular formula is C24H23FN4O4S. The Morgan fingerprint density at radius 2 is 2.21 bits per heavy atom. The number of thiophene rings is 1. The number of rotatable bonds is 5. The van der Waals surface area contributed by atoms with Crippen LogP contribution in [0.5, 0.6) is 0 Å². The van der Waals surface area contributed by atoms with Crippen molar-refractivity contribution in [2.24, 2.45) is 7.05 Å². The van der Waals surface area contributed by atoms with E-state index in [0.29, 0.717) is 45.5 Å². The third-order valence-corrected chi connectivity index (χ3v) is 6.92. The molecule has 5 rings (SSSR count). The number of aryl methyl sites for hydroxylation is 1. The van der Waals surface area contributed by atoms with Crippen molar-refractivity contribution >= 4 is 27.3 Å². The maximum Gasteiger partial charge on any atom is 0.259 e. The summed E-state index contributed by atoms with van der Waals surface area (Å²) in [6, 6.07) is 7.81. The molecular weight excluding hydrogens is 459 g/mol. The standard InChI is InChI=1S/C24H23FN4O4S/c1-28-7-4-19(27-28)14-2-3-15(18(25)10-14)11-29-12-17(22-16(24(29)32)6-9-34-22)23(31)26-20-5-8-33-13-21(20)30/h2-4,6-7,9-10,12,20-21,30H,5,8,11,13H2,1H3,(H,26,31)/t20-,21-/m0/s1. The second-order valence-corrected chi connectivity index (χ2v) is 9.25. The lowest BCUT2D eigenvalue weighted by Gasteiger charge is -2.28. The number of pyridine rings is 1. The minimum atomic E-state index is -0.797. The Kier molecular flexibility index (Phi) is 6.03. The number of carbonyl (C=O) groups is 1. The number of amides is 1. The van der Waals surface area contributed by atoms with Crippen LogP contribution < -0.4 is 10.9 Å². The molecule has 3 aromatic heterocycles. The molecule has 1 aliphatic heterocycles. The average molecular weight is 483 g/mol. The Morgan fingerprint density at radius 1 is 1.35 bits per heavy atom. The zero-order chi connectivity index (χ0) is 23.8. The molecule has 0 spiro atoms. The van der Waals surface area contributed by atoms with Crippen molar-refractivity contribution in [2.45, 2.75) is 25.1 Å². The fourth-order valence-electron chi connectivity index (χ4n) is 4.12. The smallest absolute Gasteiger partial charge is 0.259 e. The second-order valence-electron chi connectivity index (χ2n) is 8.33. The highest BCUT2D eigenvalue weighted by molar-refractivity contribution is 7.17. The summed E-state index contributed by atoms with van der Waals surface area (Å²) in [6.45, 7) is 0.579. The van der Waals surface area contributed by atoms with Crippen LogP contribution in [-0.2, 0) is 18.3 Å². The Balaban J connectivity index is 1.46. The number of aromatic nitrogens is 3. The molecule has 8 nitrogen and oxygen atoms in total. The van der Waals surface area contributed by atoms with Gasteiger partial charge in [-0.15, -0.1) is 11.3 Å². The van der Waals surface area contributed by atoms with Crippen molar-refractivity contribution in [3.63, 3.8) is 0 Å². The normalized spacial score (nSPS) is 18.3. The first-order valence-electron chi connectivity index (χ1n) is 10.9. The fraction of sp³-hybridized carbons (Fsp3) is 0.292. The molecule has 4 aromatic rings. The molecule has 1 saturated heterocycles. The molecule has 1 aliphatic rings. The Bertz CT molecular complexity index is 1430. The van der Waals surface area contributed by atoms with E-state index in [2.05, 4.69) is 10.4 Å². The van der Waals surface area contributed by atoms with E-state index >= 15 is 0 Å². The van der Waals surface area contributed by atoms with Gasteiger partial charge in [0.1, 0.15) is 5.82 Å². The topological polar surface area (TPSA) is 98.4 Å². The van der Waals surface area contributed by atoms with Crippen LogP contribution >= 0.6 is 11.3 Å². The highest BCUT2D eigenvalue weighted by Gasteiger charge is 2.27. The van der Waals surface area contributed by atoms with E-state index in [0.717, 1.165) is 0 Å². The van der Waals surface area contributed by atoms with Crippen LogP contribution in [-0.4, -0.2) is 50.7 Å². The third-order valence-electron chi connectivity index (χ3n) is 5.98. The van der Waals surface area contributed by atoms with E-state index in [1.807, 2.05) is 0 Å². The maximum atomic E-state index is 15.0. The molecule has 0 saturated carbocycles. The molecule has 34 heavy (non-hydrogen) atoms. The molecule has 1 aromatic carbocycles. The zero-order valence-corrected chi connectivity index (χ0v) is 19.2. The summed E-state index contributed by atoms with van der Waals surface area (Å²) in [5.74, 6) is -0.852. The lowest BCUT2D eigenvalue weighted by atomic mass is 10.1. The number of nitrogens with zero attached hydrogens (tertiary/aromatic N) is 3. The van der Waals surface area contributed by atoms with Gasteiger partial charge in [-0.2, -0.15) is 5.10 Å². The van der Waals surface area contributed by atoms with Crippen LogP contribution in [0.2, 0.25) is 0 Å². The van der Waals surface area contributed by atoms with Crippen molar-refractivity contribution in [2.75, 3.05) is 13.2 Å². The van der Waals surface area contributed by atoms with Gasteiger partial charge in [0.05, 0.1) is 46.6 Å². The summed E-state index contributed by atoms with van der Waals surface area (Å²) in [7, 11) is 1.79. The monoisotopic (exact) mass is 482 g/mol. The van der Waals surface area contributed by atoms with Crippen molar-refractivity contribution in [3.05, 3.63) is 75.4 Å². The van der Waals surface area contributed by atoms with E-state index in [9.17, 15) is 19.1 Å². The first-order chi connectivity index (χ1) is 16.4. The lowest BCUT2D eigenvalue weighted by Crippen LogP contribution is -2.48. The number of fused-ring (bicyclic) bond motifs is 1.